The molecule has 0 spiro atoms. The van der Waals surface area contributed by atoms with Crippen molar-refractivity contribution in [2.75, 3.05) is 6.61 Å². The van der Waals surface area contributed by atoms with E-state index in [1.165, 1.54) is 35.4 Å². The second kappa shape index (κ2) is 6.82. The lowest BCUT2D eigenvalue weighted by Gasteiger charge is -2.09. The number of hydrogen-bond donors (Lipinski definition) is 0. The molecule has 3 aromatic heterocycles. The highest BCUT2D eigenvalue weighted by Crippen LogP contribution is 2.03. The molecular weight excluding hydrogens is 342 g/mol. The molecule has 0 N–H and O–H groups in total. The van der Waals surface area contributed by atoms with Crippen LogP contribution in [-0.2, 0) is 25.4 Å². The molecule has 0 radical (unpaired) electrons. The third-order valence-corrected chi connectivity index (χ3v) is 4.00. The lowest BCUT2D eigenvalue weighted by molar-refractivity contribution is -0.605. The van der Waals surface area contributed by atoms with Crippen LogP contribution < -0.4 is 16.0 Å². The van der Waals surface area contributed by atoms with E-state index in [1.807, 2.05) is 0 Å². The molecular formula is C16H17N5O5. The number of carbonyl (C=O) groups is 1. The van der Waals surface area contributed by atoms with Crippen molar-refractivity contribution in [2.45, 2.75) is 13.0 Å². The number of pyridine rings is 1. The summed E-state index contributed by atoms with van der Waals surface area (Å²) in [7, 11) is 3.23. The van der Waals surface area contributed by atoms with Crippen LogP contribution in [0.5, 0.6) is 0 Å². The minimum absolute atomic E-state index is 0.0319. The minimum Gasteiger partial charge on any atom is -0.619 e. The predicted molar refractivity (Wildman–Crippen MR) is 90.5 cm³/mol. The molecule has 0 aliphatic rings. The first-order valence-corrected chi connectivity index (χ1v) is 7.87. The first-order valence-electron chi connectivity index (χ1n) is 7.87. The third kappa shape index (κ3) is 3.08. The fourth-order valence-electron chi connectivity index (χ4n) is 2.61. The molecule has 0 amide bonds. The lowest BCUT2D eigenvalue weighted by Crippen LogP contribution is -2.39. The van der Waals surface area contributed by atoms with Gasteiger partial charge in [-0.15, -0.1) is 0 Å². The predicted octanol–water partition coefficient (Wildman–Crippen LogP) is -0.686. The van der Waals surface area contributed by atoms with Gasteiger partial charge in [0.15, 0.2) is 23.6 Å². The zero-order valence-electron chi connectivity index (χ0n) is 14.3. The highest BCUT2D eigenvalue weighted by Gasteiger charge is 2.15. The number of carbonyl (C=O) groups excluding carboxylic acids is 1. The number of rotatable bonds is 5. The Hall–Kier alpha value is -3.43. The summed E-state index contributed by atoms with van der Waals surface area (Å²) < 4.78 is 9.64. The molecule has 0 atom stereocenters. The number of imidazole rings is 1. The summed E-state index contributed by atoms with van der Waals surface area (Å²) in [5.41, 5.74) is -0.00118. The standard InChI is InChI=1S/C16H17N5O5/c1-18-10-17-13-12(18)14(22)21(16(24)19(13)2)6-3-9-26-15(23)11-4-7-20(25)8-5-11/h4-5,7-8,10H,3,6,9H2,1-2H3. The molecule has 3 aromatic rings. The van der Waals surface area contributed by atoms with Crippen molar-refractivity contribution >= 4 is 17.1 Å². The summed E-state index contributed by atoms with van der Waals surface area (Å²) >= 11 is 0. The SMILES string of the molecule is Cn1cnc2c1c(=O)n(CCCOC(=O)c1cc[n+]([O-])cc1)c(=O)n2C. The molecule has 26 heavy (non-hydrogen) atoms. The van der Waals surface area contributed by atoms with E-state index in [2.05, 4.69) is 4.98 Å². The van der Waals surface area contributed by atoms with Gasteiger partial charge in [-0.1, -0.05) is 0 Å². The Bertz CT molecular complexity index is 1080. The molecule has 0 aromatic carbocycles. The number of hydrogen-bond acceptors (Lipinski definition) is 6. The highest BCUT2D eigenvalue weighted by molar-refractivity contribution is 5.88. The Labute approximate surface area is 147 Å². The Balaban J connectivity index is 1.70. The monoisotopic (exact) mass is 359 g/mol. The summed E-state index contributed by atoms with van der Waals surface area (Å²) in [6.07, 6.45) is 4.16. The summed E-state index contributed by atoms with van der Waals surface area (Å²) in [6.45, 7) is 0.138. The summed E-state index contributed by atoms with van der Waals surface area (Å²) in [5, 5.41) is 10.9. The molecule has 0 saturated heterocycles. The van der Waals surface area contributed by atoms with Gasteiger partial charge in [0.25, 0.3) is 5.56 Å². The summed E-state index contributed by atoms with van der Waals surface area (Å²) in [6, 6.07) is 2.71. The number of aryl methyl sites for hydroxylation is 2. The molecule has 10 heteroatoms. The van der Waals surface area contributed by atoms with Gasteiger partial charge in [0.2, 0.25) is 0 Å². The molecule has 0 aliphatic carbocycles. The first-order chi connectivity index (χ1) is 12.4. The maximum Gasteiger partial charge on any atom is 0.338 e. The number of fused-ring (bicyclic) bond motifs is 1. The van der Waals surface area contributed by atoms with Crippen LogP contribution in [0.15, 0.2) is 40.4 Å². The van der Waals surface area contributed by atoms with Crippen LogP contribution in [0, 0.1) is 5.21 Å². The molecule has 0 unspecified atom stereocenters. The average Bonchev–Trinajstić information content (AvgIpc) is 3.01. The van der Waals surface area contributed by atoms with Crippen LogP contribution in [0.25, 0.3) is 11.2 Å². The molecule has 0 bridgehead atoms. The minimum atomic E-state index is -0.576. The van der Waals surface area contributed by atoms with E-state index in [0.717, 1.165) is 4.57 Å². The number of esters is 1. The number of aromatic nitrogens is 5. The van der Waals surface area contributed by atoms with Crippen LogP contribution in [0.1, 0.15) is 16.8 Å². The van der Waals surface area contributed by atoms with Crippen LogP contribution >= 0.6 is 0 Å². The van der Waals surface area contributed by atoms with Gasteiger partial charge in [-0.25, -0.2) is 14.6 Å². The third-order valence-electron chi connectivity index (χ3n) is 4.00. The Morgan fingerprint density at radius 1 is 1.27 bits per heavy atom. The fraction of sp³-hybridized carbons (Fsp3) is 0.312. The van der Waals surface area contributed by atoms with Gasteiger partial charge in [-0.05, 0) is 6.42 Å². The Morgan fingerprint density at radius 2 is 1.96 bits per heavy atom. The molecule has 10 nitrogen and oxygen atoms in total. The van der Waals surface area contributed by atoms with Crippen molar-refractivity contribution in [3.63, 3.8) is 0 Å². The lowest BCUT2D eigenvalue weighted by atomic mass is 10.3. The van der Waals surface area contributed by atoms with E-state index in [4.69, 9.17) is 4.74 Å². The molecule has 0 saturated carbocycles. The second-order valence-electron chi connectivity index (χ2n) is 5.76. The normalized spacial score (nSPS) is 11.0. The van der Waals surface area contributed by atoms with Gasteiger partial charge < -0.3 is 14.5 Å². The van der Waals surface area contributed by atoms with Crippen LogP contribution in [0.2, 0.25) is 0 Å². The zero-order valence-corrected chi connectivity index (χ0v) is 14.3. The van der Waals surface area contributed by atoms with Crippen molar-refractivity contribution < 1.29 is 14.3 Å². The van der Waals surface area contributed by atoms with E-state index < -0.39 is 17.2 Å². The topological polar surface area (TPSA) is 115 Å². The maximum absolute atomic E-state index is 12.5. The van der Waals surface area contributed by atoms with Crippen molar-refractivity contribution in [1.82, 2.24) is 18.7 Å². The van der Waals surface area contributed by atoms with Crippen molar-refractivity contribution in [2.24, 2.45) is 14.1 Å². The molecule has 0 aliphatic heterocycles. The van der Waals surface area contributed by atoms with Gasteiger partial charge in [0, 0.05) is 32.8 Å². The van der Waals surface area contributed by atoms with Gasteiger partial charge in [0.05, 0.1) is 18.5 Å². The largest absolute Gasteiger partial charge is 0.619 e. The van der Waals surface area contributed by atoms with Gasteiger partial charge in [0.1, 0.15) is 0 Å². The molecule has 136 valence electrons. The quantitative estimate of drug-likeness (QED) is 0.258. The molecule has 3 heterocycles. The van der Waals surface area contributed by atoms with Crippen LogP contribution in [-0.4, -0.2) is 31.3 Å². The zero-order chi connectivity index (χ0) is 18.8. The van der Waals surface area contributed by atoms with Gasteiger partial charge >= 0.3 is 11.7 Å². The van der Waals surface area contributed by atoms with E-state index in [1.54, 1.807) is 18.7 Å². The van der Waals surface area contributed by atoms with Gasteiger partial charge in [-0.2, -0.15) is 4.73 Å². The van der Waals surface area contributed by atoms with E-state index in [9.17, 15) is 19.6 Å². The van der Waals surface area contributed by atoms with Crippen LogP contribution in [0.3, 0.4) is 0 Å². The second-order valence-corrected chi connectivity index (χ2v) is 5.76. The highest BCUT2D eigenvalue weighted by atomic mass is 16.5. The summed E-state index contributed by atoms with van der Waals surface area (Å²) in [4.78, 5) is 40.8. The Morgan fingerprint density at radius 3 is 2.65 bits per heavy atom. The van der Waals surface area contributed by atoms with Gasteiger partial charge in [-0.3, -0.25) is 13.9 Å². The first kappa shape index (κ1) is 17.4. The van der Waals surface area contributed by atoms with Crippen molar-refractivity contribution in [3.8, 4) is 0 Å². The smallest absolute Gasteiger partial charge is 0.338 e. The van der Waals surface area contributed by atoms with E-state index >= 15 is 0 Å². The number of ether oxygens (including phenoxy) is 1. The Kier molecular flexibility index (Phi) is 4.57. The average molecular weight is 359 g/mol. The van der Waals surface area contributed by atoms with E-state index in [-0.39, 0.29) is 18.7 Å². The summed E-state index contributed by atoms with van der Waals surface area (Å²) in [5.74, 6) is -0.576. The van der Waals surface area contributed by atoms with Crippen molar-refractivity contribution in [1.29, 1.82) is 0 Å². The number of nitrogens with zero attached hydrogens (tertiary/aromatic N) is 5. The van der Waals surface area contributed by atoms with E-state index in [0.29, 0.717) is 22.3 Å². The fourth-order valence-corrected chi connectivity index (χ4v) is 2.61. The molecule has 0 fully saturated rings. The van der Waals surface area contributed by atoms with Crippen LogP contribution in [0.4, 0.5) is 0 Å². The molecule has 3 rings (SSSR count). The van der Waals surface area contributed by atoms with Crippen molar-refractivity contribution in [3.05, 3.63) is 62.5 Å². The maximum atomic E-state index is 12.5.